The van der Waals surface area contributed by atoms with Gasteiger partial charge in [0.1, 0.15) is 29.7 Å². The van der Waals surface area contributed by atoms with Crippen molar-refractivity contribution in [2.45, 2.75) is 20.0 Å². The summed E-state index contributed by atoms with van der Waals surface area (Å²) in [5, 5.41) is 0. The summed E-state index contributed by atoms with van der Waals surface area (Å²) in [4.78, 5) is 19.8. The van der Waals surface area contributed by atoms with Crippen LogP contribution in [-0.2, 0) is 13.1 Å². The smallest absolute Gasteiger partial charge is 0.231 e. The van der Waals surface area contributed by atoms with Crippen molar-refractivity contribution < 1.29 is 23.7 Å². The first kappa shape index (κ1) is 21.0. The average molecular weight is 444 g/mol. The van der Waals surface area contributed by atoms with E-state index in [2.05, 4.69) is 9.88 Å². The Morgan fingerprint density at radius 1 is 1.12 bits per heavy atom. The molecule has 0 saturated carbocycles. The summed E-state index contributed by atoms with van der Waals surface area (Å²) >= 11 is 0. The van der Waals surface area contributed by atoms with Gasteiger partial charge in [-0.15, -0.1) is 0 Å². The Balaban J connectivity index is 1.45. The Labute approximate surface area is 192 Å². The third kappa shape index (κ3) is 3.91. The van der Waals surface area contributed by atoms with Crippen LogP contribution in [0.1, 0.15) is 32.7 Å². The molecule has 3 heterocycles. The highest BCUT2D eigenvalue weighted by atomic mass is 16.5. The lowest BCUT2D eigenvalue weighted by Gasteiger charge is -2.30. The van der Waals surface area contributed by atoms with E-state index in [1.807, 2.05) is 37.3 Å². The number of aromatic nitrogens is 1. The molecular formula is C26H24N2O5. The first-order chi connectivity index (χ1) is 16.1. The number of carbonyl (C=O) groups is 1. The van der Waals surface area contributed by atoms with E-state index in [1.54, 1.807) is 38.6 Å². The van der Waals surface area contributed by atoms with Crippen molar-refractivity contribution in [3.8, 4) is 23.0 Å². The normalized spacial score (nSPS) is 16.1. The number of allylic oxidation sites excluding steroid dienone is 1. The van der Waals surface area contributed by atoms with Crippen LogP contribution in [0.2, 0.25) is 0 Å². The number of hydrogen-bond acceptors (Lipinski definition) is 7. The van der Waals surface area contributed by atoms with Gasteiger partial charge in [-0.25, -0.2) is 0 Å². The Morgan fingerprint density at radius 2 is 2.00 bits per heavy atom. The third-order valence-electron chi connectivity index (χ3n) is 5.84. The topological polar surface area (TPSA) is 70.1 Å². The summed E-state index contributed by atoms with van der Waals surface area (Å²) in [6.45, 7) is 3.70. The van der Waals surface area contributed by atoms with Crippen LogP contribution in [0, 0.1) is 6.92 Å². The molecule has 0 N–H and O–H groups in total. The molecule has 0 fully saturated rings. The monoisotopic (exact) mass is 444 g/mol. The summed E-state index contributed by atoms with van der Waals surface area (Å²) in [7, 11) is 3.18. The van der Waals surface area contributed by atoms with E-state index in [-0.39, 0.29) is 11.5 Å². The molecule has 168 valence electrons. The minimum Gasteiger partial charge on any atom is -0.497 e. The fourth-order valence-electron chi connectivity index (χ4n) is 4.21. The molecule has 2 aliphatic rings. The van der Waals surface area contributed by atoms with Gasteiger partial charge in [0.25, 0.3) is 0 Å². The van der Waals surface area contributed by atoms with Crippen LogP contribution in [0.4, 0.5) is 0 Å². The molecule has 0 saturated heterocycles. The second-order valence-electron chi connectivity index (χ2n) is 8.00. The predicted molar refractivity (Wildman–Crippen MR) is 123 cm³/mol. The molecule has 0 unspecified atom stereocenters. The number of benzene rings is 2. The molecule has 0 radical (unpaired) electrons. The highest BCUT2D eigenvalue weighted by Gasteiger charge is 2.34. The Morgan fingerprint density at radius 3 is 2.76 bits per heavy atom. The van der Waals surface area contributed by atoms with Gasteiger partial charge >= 0.3 is 0 Å². The lowest BCUT2D eigenvalue weighted by molar-refractivity contribution is 0.0865. The van der Waals surface area contributed by atoms with Gasteiger partial charge in [0.2, 0.25) is 5.78 Å². The van der Waals surface area contributed by atoms with Gasteiger partial charge in [0.05, 0.1) is 25.5 Å². The molecule has 7 heteroatoms. The van der Waals surface area contributed by atoms with E-state index in [0.717, 1.165) is 22.6 Å². The summed E-state index contributed by atoms with van der Waals surface area (Å²) in [6, 6.07) is 13.2. The summed E-state index contributed by atoms with van der Waals surface area (Å²) in [6.07, 6.45) is 3.47. The van der Waals surface area contributed by atoms with Crippen LogP contribution in [0.3, 0.4) is 0 Å². The second-order valence-corrected chi connectivity index (χ2v) is 8.00. The van der Waals surface area contributed by atoms with Crippen molar-refractivity contribution in [3.63, 3.8) is 0 Å². The zero-order valence-electron chi connectivity index (χ0n) is 18.8. The molecule has 1 aromatic heterocycles. The third-order valence-corrected chi connectivity index (χ3v) is 5.84. The van der Waals surface area contributed by atoms with Crippen LogP contribution in [0.15, 0.2) is 54.4 Å². The summed E-state index contributed by atoms with van der Waals surface area (Å²) in [5.74, 6) is 2.69. The number of pyridine rings is 1. The van der Waals surface area contributed by atoms with Gasteiger partial charge in [-0.05, 0) is 49.4 Å². The largest absolute Gasteiger partial charge is 0.497 e. The molecule has 0 bridgehead atoms. The average Bonchev–Trinajstić information content (AvgIpc) is 3.15. The maximum atomic E-state index is 13.2. The molecule has 0 aliphatic carbocycles. The first-order valence-electron chi connectivity index (χ1n) is 10.6. The van der Waals surface area contributed by atoms with E-state index in [0.29, 0.717) is 48.2 Å². The number of fused-ring (bicyclic) bond motifs is 2. The molecule has 2 aromatic carbocycles. The van der Waals surface area contributed by atoms with E-state index in [4.69, 9.17) is 18.9 Å². The molecule has 0 spiro atoms. The van der Waals surface area contributed by atoms with Crippen molar-refractivity contribution in [1.82, 2.24) is 9.88 Å². The molecule has 7 nitrogen and oxygen atoms in total. The molecule has 5 rings (SSSR count). The lowest BCUT2D eigenvalue weighted by Crippen LogP contribution is -2.32. The predicted octanol–water partition coefficient (Wildman–Crippen LogP) is 4.38. The van der Waals surface area contributed by atoms with E-state index >= 15 is 0 Å². The van der Waals surface area contributed by atoms with Crippen molar-refractivity contribution in [2.75, 3.05) is 21.0 Å². The van der Waals surface area contributed by atoms with Gasteiger partial charge < -0.3 is 18.9 Å². The van der Waals surface area contributed by atoms with E-state index in [1.165, 1.54) is 0 Å². The number of ether oxygens (including phenoxy) is 4. The van der Waals surface area contributed by atoms with Crippen molar-refractivity contribution in [3.05, 3.63) is 82.4 Å². The first-order valence-corrected chi connectivity index (χ1v) is 10.6. The number of ketones is 1. The van der Waals surface area contributed by atoms with Crippen LogP contribution in [0.5, 0.6) is 23.0 Å². The van der Waals surface area contributed by atoms with Gasteiger partial charge in [-0.1, -0.05) is 6.07 Å². The van der Waals surface area contributed by atoms with Gasteiger partial charge in [0.15, 0.2) is 5.76 Å². The van der Waals surface area contributed by atoms with Gasteiger partial charge in [-0.2, -0.15) is 0 Å². The Hall–Kier alpha value is -3.84. The number of hydrogen-bond donors (Lipinski definition) is 0. The number of methoxy groups -OCH3 is 2. The maximum Gasteiger partial charge on any atom is 0.231 e. The quantitative estimate of drug-likeness (QED) is 0.541. The minimum absolute atomic E-state index is 0.164. The zero-order chi connectivity index (χ0) is 22.9. The van der Waals surface area contributed by atoms with Crippen molar-refractivity contribution in [2.24, 2.45) is 0 Å². The number of nitrogens with zero attached hydrogens (tertiary/aromatic N) is 2. The van der Waals surface area contributed by atoms with Crippen molar-refractivity contribution in [1.29, 1.82) is 0 Å². The molecule has 3 aromatic rings. The summed E-state index contributed by atoms with van der Waals surface area (Å²) < 4.78 is 22.8. The SMILES string of the molecule is COc1ccc(OC)c(C=C2Oc3c(cc4c(c3C)OCN(Cc3ccccn3)C4)C2=O)c1. The summed E-state index contributed by atoms with van der Waals surface area (Å²) in [5.41, 5.74) is 4.01. The van der Waals surface area contributed by atoms with Gasteiger partial charge in [0, 0.05) is 36.0 Å². The zero-order valence-corrected chi connectivity index (χ0v) is 18.8. The van der Waals surface area contributed by atoms with Crippen LogP contribution in [-0.4, -0.2) is 36.6 Å². The van der Waals surface area contributed by atoms with E-state index in [9.17, 15) is 4.79 Å². The maximum absolute atomic E-state index is 13.2. The van der Waals surface area contributed by atoms with Crippen LogP contribution >= 0.6 is 0 Å². The van der Waals surface area contributed by atoms with Crippen LogP contribution in [0.25, 0.3) is 6.08 Å². The Bertz CT molecular complexity index is 1250. The standard InChI is InChI=1S/C26H24N2O5/c1-16-25-18(13-28(15-32-25)14-19-6-4-5-9-27-19)11-21-24(29)23(33-26(16)21)12-17-10-20(30-2)7-8-22(17)31-3/h4-12H,13-15H2,1-3H3. The number of carbonyl (C=O) groups excluding carboxylic acids is 1. The molecule has 33 heavy (non-hydrogen) atoms. The molecule has 0 atom stereocenters. The molecule has 2 aliphatic heterocycles. The van der Waals surface area contributed by atoms with E-state index < -0.39 is 0 Å². The number of Topliss-reactive ketones (excluding diaryl/α,β-unsaturated/α-hetero) is 1. The number of rotatable bonds is 5. The fraction of sp³-hybridized carbons (Fsp3) is 0.231. The highest BCUT2D eigenvalue weighted by molar-refractivity contribution is 6.15. The molecule has 0 amide bonds. The second kappa shape index (κ2) is 8.60. The minimum atomic E-state index is -0.164. The molecular weight excluding hydrogens is 420 g/mol. The van der Waals surface area contributed by atoms with Crippen molar-refractivity contribution >= 4 is 11.9 Å². The highest BCUT2D eigenvalue weighted by Crippen LogP contribution is 2.43. The van der Waals surface area contributed by atoms with Crippen LogP contribution < -0.4 is 18.9 Å². The Kier molecular flexibility index (Phi) is 5.48. The fourth-order valence-corrected chi connectivity index (χ4v) is 4.21. The van der Waals surface area contributed by atoms with Gasteiger partial charge in [-0.3, -0.25) is 14.7 Å². The lowest BCUT2D eigenvalue weighted by atomic mass is 10.00.